The van der Waals surface area contributed by atoms with E-state index >= 15 is 0 Å². The minimum Gasteiger partial charge on any atom is -0.497 e. The molecule has 2 aromatic rings. The summed E-state index contributed by atoms with van der Waals surface area (Å²) in [6.45, 7) is 1.21. The molecule has 230 valence electrons. The van der Waals surface area contributed by atoms with Crippen molar-refractivity contribution in [3.8, 4) is 5.75 Å². The molecule has 4 rings (SSSR count). The van der Waals surface area contributed by atoms with Crippen molar-refractivity contribution in [3.05, 3.63) is 30.5 Å². The highest BCUT2D eigenvalue weighted by Crippen LogP contribution is 2.30. The Bertz CT molecular complexity index is 1110. The fourth-order valence-electron chi connectivity index (χ4n) is 5.14. The highest BCUT2D eigenvalue weighted by atomic mass is 16.7. The molecule has 0 radical (unpaired) electrons. The molecule has 41 heavy (non-hydrogen) atoms. The van der Waals surface area contributed by atoms with Crippen LogP contribution in [-0.2, 0) is 14.2 Å². The molecule has 0 aliphatic carbocycles. The van der Waals surface area contributed by atoms with Crippen LogP contribution in [0.15, 0.2) is 30.5 Å². The fourth-order valence-corrected chi connectivity index (χ4v) is 5.14. The molecule has 0 amide bonds. The van der Waals surface area contributed by atoms with Gasteiger partial charge >= 0.3 is 0 Å². The van der Waals surface area contributed by atoms with Crippen molar-refractivity contribution in [1.82, 2.24) is 10.3 Å². The average Bonchev–Trinajstić information content (AvgIpc) is 2.98. The average molecular weight is 584 g/mol. The summed E-state index contributed by atoms with van der Waals surface area (Å²) >= 11 is 0. The minimum absolute atomic E-state index is 0.0680. The van der Waals surface area contributed by atoms with Crippen molar-refractivity contribution in [1.29, 1.82) is 0 Å². The number of ether oxygens (including phenoxy) is 4. The summed E-state index contributed by atoms with van der Waals surface area (Å²) in [5.74, 6) is 0.719. The van der Waals surface area contributed by atoms with Gasteiger partial charge in [0.05, 0.1) is 31.5 Å². The van der Waals surface area contributed by atoms with E-state index in [1.54, 1.807) is 13.3 Å². The molecular weight excluding hydrogens is 542 g/mol. The third-order valence-corrected chi connectivity index (χ3v) is 7.48. The number of anilines is 1. The second kappa shape index (κ2) is 14.3. The Kier molecular flexibility index (Phi) is 11.1. The van der Waals surface area contributed by atoms with Gasteiger partial charge in [0.1, 0.15) is 60.8 Å². The predicted octanol–water partition coefficient (Wildman–Crippen LogP) is -1.96. The van der Waals surface area contributed by atoms with Gasteiger partial charge in [-0.3, -0.25) is 10.3 Å². The second-order valence-corrected chi connectivity index (χ2v) is 10.4. The molecule has 2 aliphatic heterocycles. The zero-order valence-corrected chi connectivity index (χ0v) is 23.0. The highest BCUT2D eigenvalue weighted by Gasteiger charge is 2.50. The normalized spacial score (nSPS) is 34.9. The van der Waals surface area contributed by atoms with Gasteiger partial charge in [0, 0.05) is 23.7 Å². The summed E-state index contributed by atoms with van der Waals surface area (Å²) in [6, 6.07) is 7.72. The summed E-state index contributed by atoms with van der Waals surface area (Å²) in [6.07, 6.45) is -11.1. The lowest BCUT2D eigenvalue weighted by Crippen LogP contribution is -2.66. The van der Waals surface area contributed by atoms with Gasteiger partial charge in [-0.2, -0.15) is 0 Å². The van der Waals surface area contributed by atoms with Gasteiger partial charge in [-0.15, -0.1) is 0 Å². The van der Waals surface area contributed by atoms with E-state index in [0.29, 0.717) is 13.0 Å². The van der Waals surface area contributed by atoms with Crippen molar-refractivity contribution in [2.24, 2.45) is 0 Å². The lowest BCUT2D eigenvalue weighted by atomic mass is 9.96. The number of hydrogen-bond donors (Lipinski definition) is 9. The molecule has 0 bridgehead atoms. The second-order valence-electron chi connectivity index (χ2n) is 10.4. The molecule has 0 saturated carbocycles. The number of aromatic nitrogens is 1. The lowest BCUT2D eigenvalue weighted by Gasteiger charge is -2.46. The van der Waals surface area contributed by atoms with Crippen molar-refractivity contribution < 1.29 is 54.7 Å². The van der Waals surface area contributed by atoms with E-state index in [4.69, 9.17) is 18.9 Å². The summed E-state index contributed by atoms with van der Waals surface area (Å²) < 4.78 is 22.1. The summed E-state index contributed by atoms with van der Waals surface area (Å²) in [5.41, 5.74) is 1.69. The molecule has 2 aliphatic rings. The van der Waals surface area contributed by atoms with Crippen LogP contribution in [0.3, 0.4) is 0 Å². The maximum atomic E-state index is 10.8. The molecule has 2 fully saturated rings. The highest BCUT2D eigenvalue weighted by molar-refractivity contribution is 5.91. The number of aliphatic hydroxyl groups excluding tert-OH is 7. The van der Waals surface area contributed by atoms with Crippen LogP contribution in [0.25, 0.3) is 10.9 Å². The van der Waals surface area contributed by atoms with E-state index in [1.807, 2.05) is 31.2 Å². The first-order valence-electron chi connectivity index (χ1n) is 13.7. The third-order valence-electron chi connectivity index (χ3n) is 7.48. The maximum Gasteiger partial charge on any atom is 0.187 e. The topological polar surface area (TPSA) is 215 Å². The van der Waals surface area contributed by atoms with Crippen molar-refractivity contribution in [2.45, 2.75) is 87.2 Å². The van der Waals surface area contributed by atoms with Gasteiger partial charge in [-0.25, -0.2) is 0 Å². The van der Waals surface area contributed by atoms with Crippen LogP contribution >= 0.6 is 0 Å². The van der Waals surface area contributed by atoms with Gasteiger partial charge in [-0.1, -0.05) is 6.07 Å². The van der Waals surface area contributed by atoms with E-state index in [1.165, 1.54) is 0 Å². The van der Waals surface area contributed by atoms with Crippen LogP contribution in [0, 0.1) is 0 Å². The standard InChI is InChI=1S/C27H41N3O11/c1-13(30-16-10-15(38-2)9-14-6-4-7-28-19(14)16)5-3-8-29-26-23(36)22(35)25(18(12-32)39-26)41-27-24(37)21(34)20(33)17(11-31)40-27/h4,6-7,9-10,13,17-18,20-27,29-37H,3,5,8,11-12H2,1-2H3/t13?,17-,18-,20+,21+,22-,23-,24-,25-,26-,27+/m0/s1. The Morgan fingerprint density at radius 1 is 0.951 bits per heavy atom. The van der Waals surface area contributed by atoms with Crippen molar-refractivity contribution in [3.63, 3.8) is 0 Å². The molecular formula is C27H41N3O11. The van der Waals surface area contributed by atoms with E-state index in [-0.39, 0.29) is 6.04 Å². The van der Waals surface area contributed by atoms with Crippen LogP contribution < -0.4 is 15.4 Å². The zero-order valence-electron chi connectivity index (χ0n) is 23.0. The van der Waals surface area contributed by atoms with Gasteiger partial charge in [0.15, 0.2) is 6.29 Å². The van der Waals surface area contributed by atoms with E-state index in [9.17, 15) is 35.7 Å². The van der Waals surface area contributed by atoms with E-state index in [0.717, 1.165) is 28.8 Å². The largest absolute Gasteiger partial charge is 0.497 e. The third kappa shape index (κ3) is 7.24. The Labute approximate surface area is 237 Å². The van der Waals surface area contributed by atoms with E-state index < -0.39 is 74.6 Å². The number of benzene rings is 1. The number of rotatable bonds is 12. The Hall–Kier alpha value is -2.21. The Morgan fingerprint density at radius 2 is 1.71 bits per heavy atom. The molecule has 1 aromatic heterocycles. The van der Waals surface area contributed by atoms with Gasteiger partial charge in [-0.05, 0) is 38.4 Å². The maximum absolute atomic E-state index is 10.8. The number of nitrogens with one attached hydrogen (secondary N) is 2. The molecule has 9 N–H and O–H groups in total. The zero-order chi connectivity index (χ0) is 29.7. The Balaban J connectivity index is 1.29. The van der Waals surface area contributed by atoms with Crippen molar-refractivity contribution in [2.75, 3.05) is 32.2 Å². The predicted molar refractivity (Wildman–Crippen MR) is 145 cm³/mol. The summed E-state index contributed by atoms with van der Waals surface area (Å²) in [4.78, 5) is 4.47. The van der Waals surface area contributed by atoms with Crippen molar-refractivity contribution >= 4 is 16.6 Å². The first kappa shape index (κ1) is 31.7. The number of pyridine rings is 1. The van der Waals surface area contributed by atoms with Gasteiger partial charge in [0.25, 0.3) is 0 Å². The first-order valence-corrected chi connectivity index (χ1v) is 13.7. The molecule has 0 spiro atoms. The molecule has 14 nitrogen and oxygen atoms in total. The van der Waals surface area contributed by atoms with Crippen LogP contribution in [0.2, 0.25) is 0 Å². The minimum atomic E-state index is -1.71. The smallest absolute Gasteiger partial charge is 0.187 e. The number of nitrogens with zero attached hydrogens (tertiary/aromatic N) is 1. The number of aliphatic hydroxyl groups is 7. The first-order chi connectivity index (χ1) is 19.7. The lowest BCUT2D eigenvalue weighted by molar-refractivity contribution is -0.343. The fraction of sp³-hybridized carbons (Fsp3) is 0.667. The molecule has 2 saturated heterocycles. The molecule has 1 unspecified atom stereocenters. The number of hydrogen-bond acceptors (Lipinski definition) is 14. The van der Waals surface area contributed by atoms with Crippen LogP contribution in [0.1, 0.15) is 19.8 Å². The SMILES string of the molecule is COc1cc(NC(C)CCCN[C@H]2O[C@@H](CO)[C@H](O[C@H]3O[C@@H](CO)[C@@H](O)[C@@H](O)[C@@H]3O)[C@@H](O)[C@@H]2O)c2ncccc2c1. The monoisotopic (exact) mass is 583 g/mol. The number of methoxy groups -OCH3 is 1. The quantitative estimate of drug-likeness (QED) is 0.124. The summed E-state index contributed by atoms with van der Waals surface area (Å²) in [7, 11) is 1.61. The van der Waals surface area contributed by atoms with Crippen LogP contribution in [-0.4, -0.2) is 135 Å². The van der Waals surface area contributed by atoms with Gasteiger partial charge in [0.2, 0.25) is 0 Å². The van der Waals surface area contributed by atoms with Crippen LogP contribution in [0.5, 0.6) is 5.75 Å². The number of fused-ring (bicyclic) bond motifs is 1. The summed E-state index contributed by atoms with van der Waals surface area (Å²) in [5, 5.41) is 78.4. The molecule has 3 heterocycles. The molecule has 11 atom stereocenters. The van der Waals surface area contributed by atoms with Crippen LogP contribution in [0.4, 0.5) is 5.69 Å². The Morgan fingerprint density at radius 3 is 2.41 bits per heavy atom. The molecule has 1 aromatic carbocycles. The van der Waals surface area contributed by atoms with E-state index in [2.05, 4.69) is 15.6 Å². The molecule has 14 heteroatoms. The van der Waals surface area contributed by atoms with Gasteiger partial charge < -0.3 is 60.0 Å².